The van der Waals surface area contributed by atoms with Crippen molar-refractivity contribution >= 4 is 24.2 Å². The summed E-state index contributed by atoms with van der Waals surface area (Å²) < 4.78 is 0. The van der Waals surface area contributed by atoms with Gasteiger partial charge in [0.1, 0.15) is 0 Å². The molecule has 1 saturated heterocycles. The zero-order valence-electron chi connectivity index (χ0n) is 11.9. The van der Waals surface area contributed by atoms with E-state index in [1.54, 1.807) is 11.9 Å². The molecule has 1 fully saturated rings. The highest BCUT2D eigenvalue weighted by Gasteiger charge is 2.29. The summed E-state index contributed by atoms with van der Waals surface area (Å²) in [4.78, 5) is 25.3. The summed E-state index contributed by atoms with van der Waals surface area (Å²) in [6.07, 6.45) is 4.15. The van der Waals surface area contributed by atoms with Crippen LogP contribution in [0.1, 0.15) is 39.0 Å². The minimum atomic E-state index is -0.177. The molecule has 112 valence electrons. The first kappa shape index (κ1) is 18.2. The lowest BCUT2D eigenvalue weighted by molar-refractivity contribution is -0.139. The second-order valence-electron chi connectivity index (χ2n) is 5.09. The Balaban J connectivity index is 0.00000324. The van der Waals surface area contributed by atoms with E-state index < -0.39 is 0 Å². The quantitative estimate of drug-likeness (QED) is 0.764. The molecule has 2 atom stereocenters. The van der Waals surface area contributed by atoms with Gasteiger partial charge in [0.05, 0.1) is 0 Å². The van der Waals surface area contributed by atoms with Gasteiger partial charge in [0.25, 0.3) is 0 Å². The Hall–Kier alpha value is -0.810. The minimum Gasteiger partial charge on any atom is -0.352 e. The number of piperidine rings is 1. The SMILES string of the molecule is CCCCC(CN)NC(=O)C1CCN(C)C(=O)C1.Cl. The van der Waals surface area contributed by atoms with Gasteiger partial charge in [-0.1, -0.05) is 19.8 Å². The molecule has 0 radical (unpaired) electrons. The predicted molar refractivity (Wildman–Crippen MR) is 78.1 cm³/mol. The normalized spacial score (nSPS) is 20.7. The van der Waals surface area contributed by atoms with Crippen molar-refractivity contribution in [2.75, 3.05) is 20.1 Å². The van der Waals surface area contributed by atoms with Crippen molar-refractivity contribution in [3.63, 3.8) is 0 Å². The van der Waals surface area contributed by atoms with Crippen LogP contribution in [0.4, 0.5) is 0 Å². The second-order valence-corrected chi connectivity index (χ2v) is 5.09. The molecule has 1 aliphatic heterocycles. The van der Waals surface area contributed by atoms with E-state index in [4.69, 9.17) is 5.73 Å². The fraction of sp³-hybridized carbons (Fsp3) is 0.846. The fourth-order valence-electron chi connectivity index (χ4n) is 2.19. The Kier molecular flexibility index (Phi) is 8.76. The second kappa shape index (κ2) is 9.15. The Labute approximate surface area is 121 Å². The molecule has 0 aromatic carbocycles. The third-order valence-electron chi connectivity index (χ3n) is 3.57. The lowest BCUT2D eigenvalue weighted by atomic mass is 9.95. The maximum Gasteiger partial charge on any atom is 0.223 e. The van der Waals surface area contributed by atoms with E-state index in [0.29, 0.717) is 19.5 Å². The Morgan fingerprint density at radius 1 is 1.58 bits per heavy atom. The van der Waals surface area contributed by atoms with Crippen molar-refractivity contribution in [2.24, 2.45) is 11.7 Å². The third-order valence-corrected chi connectivity index (χ3v) is 3.57. The number of hydrogen-bond acceptors (Lipinski definition) is 3. The molecule has 0 aliphatic carbocycles. The first-order valence-electron chi connectivity index (χ1n) is 6.82. The van der Waals surface area contributed by atoms with Crippen LogP contribution in [0.3, 0.4) is 0 Å². The highest BCUT2D eigenvalue weighted by Crippen LogP contribution is 2.17. The molecule has 0 bridgehead atoms. The van der Waals surface area contributed by atoms with Crippen LogP contribution >= 0.6 is 12.4 Å². The number of unbranched alkanes of at least 4 members (excludes halogenated alkanes) is 1. The van der Waals surface area contributed by atoms with Gasteiger partial charge in [-0.05, 0) is 12.8 Å². The van der Waals surface area contributed by atoms with E-state index in [1.165, 1.54) is 0 Å². The highest BCUT2D eigenvalue weighted by atomic mass is 35.5. The van der Waals surface area contributed by atoms with Crippen LogP contribution in [-0.2, 0) is 9.59 Å². The van der Waals surface area contributed by atoms with Crippen molar-refractivity contribution in [2.45, 2.75) is 45.1 Å². The summed E-state index contributed by atoms with van der Waals surface area (Å²) in [5, 5.41) is 2.97. The fourth-order valence-corrected chi connectivity index (χ4v) is 2.19. The number of hydrogen-bond donors (Lipinski definition) is 2. The summed E-state index contributed by atoms with van der Waals surface area (Å²) in [6, 6.07) is 0.0483. The van der Waals surface area contributed by atoms with E-state index in [0.717, 1.165) is 25.7 Å². The van der Waals surface area contributed by atoms with E-state index in [1.807, 2.05) is 0 Å². The average Bonchev–Trinajstić information content (AvgIpc) is 2.37. The van der Waals surface area contributed by atoms with E-state index in [2.05, 4.69) is 12.2 Å². The molecule has 1 heterocycles. The van der Waals surface area contributed by atoms with Gasteiger partial charge in [-0.25, -0.2) is 0 Å². The molecule has 6 heteroatoms. The summed E-state index contributed by atoms with van der Waals surface area (Å²) in [5.74, 6) is -0.133. The van der Waals surface area contributed by atoms with Crippen LogP contribution in [0.15, 0.2) is 0 Å². The molecule has 0 aromatic rings. The van der Waals surface area contributed by atoms with Gasteiger partial charge in [0, 0.05) is 38.5 Å². The van der Waals surface area contributed by atoms with Crippen LogP contribution in [0.5, 0.6) is 0 Å². The number of likely N-dealkylation sites (tertiary alicyclic amines) is 1. The molecule has 2 unspecified atom stereocenters. The Morgan fingerprint density at radius 3 is 2.79 bits per heavy atom. The van der Waals surface area contributed by atoms with Gasteiger partial charge in [-0.3, -0.25) is 9.59 Å². The molecule has 1 aliphatic rings. The molecule has 1 rings (SSSR count). The lowest BCUT2D eigenvalue weighted by Crippen LogP contribution is -2.47. The first-order valence-corrected chi connectivity index (χ1v) is 6.82. The average molecular weight is 292 g/mol. The number of nitrogens with two attached hydrogens (primary N) is 1. The molecule has 2 amide bonds. The first-order chi connectivity index (χ1) is 8.58. The summed E-state index contributed by atoms with van der Waals surface area (Å²) in [5.41, 5.74) is 5.65. The van der Waals surface area contributed by atoms with Gasteiger partial charge in [-0.2, -0.15) is 0 Å². The Morgan fingerprint density at radius 2 is 2.26 bits per heavy atom. The molecular weight excluding hydrogens is 266 g/mol. The third kappa shape index (κ3) is 5.78. The molecular formula is C13H26ClN3O2. The number of nitrogens with one attached hydrogen (secondary N) is 1. The van der Waals surface area contributed by atoms with Crippen LogP contribution in [0.2, 0.25) is 0 Å². The maximum absolute atomic E-state index is 12.0. The Bertz CT molecular complexity index is 300. The summed E-state index contributed by atoms with van der Waals surface area (Å²) in [6.45, 7) is 3.25. The van der Waals surface area contributed by atoms with Gasteiger partial charge in [0.2, 0.25) is 11.8 Å². The van der Waals surface area contributed by atoms with Gasteiger partial charge in [0.15, 0.2) is 0 Å². The van der Waals surface area contributed by atoms with Crippen molar-refractivity contribution in [1.82, 2.24) is 10.2 Å². The number of carbonyl (C=O) groups is 2. The lowest BCUT2D eigenvalue weighted by Gasteiger charge is -2.29. The zero-order chi connectivity index (χ0) is 13.5. The van der Waals surface area contributed by atoms with Crippen molar-refractivity contribution < 1.29 is 9.59 Å². The minimum absolute atomic E-state index is 0. The predicted octanol–water partition coefficient (Wildman–Crippen LogP) is 0.910. The smallest absolute Gasteiger partial charge is 0.223 e. The number of halogens is 1. The van der Waals surface area contributed by atoms with Crippen LogP contribution < -0.4 is 11.1 Å². The number of nitrogens with zero attached hydrogens (tertiary/aromatic N) is 1. The summed E-state index contributed by atoms with van der Waals surface area (Å²) in [7, 11) is 1.78. The van der Waals surface area contributed by atoms with Crippen molar-refractivity contribution in [3.05, 3.63) is 0 Å². The van der Waals surface area contributed by atoms with Crippen LogP contribution in [0.25, 0.3) is 0 Å². The van der Waals surface area contributed by atoms with E-state index in [9.17, 15) is 9.59 Å². The molecule has 19 heavy (non-hydrogen) atoms. The number of amides is 2. The van der Waals surface area contributed by atoms with Gasteiger partial charge >= 0.3 is 0 Å². The van der Waals surface area contributed by atoms with Crippen LogP contribution in [-0.4, -0.2) is 42.9 Å². The van der Waals surface area contributed by atoms with Gasteiger partial charge < -0.3 is 16.0 Å². The monoisotopic (exact) mass is 291 g/mol. The largest absolute Gasteiger partial charge is 0.352 e. The molecule has 0 spiro atoms. The number of rotatable bonds is 6. The molecule has 0 saturated carbocycles. The zero-order valence-corrected chi connectivity index (χ0v) is 12.7. The molecule has 3 N–H and O–H groups in total. The molecule has 0 aromatic heterocycles. The van der Waals surface area contributed by atoms with E-state index >= 15 is 0 Å². The highest BCUT2D eigenvalue weighted by molar-refractivity contribution is 5.87. The molecule has 5 nitrogen and oxygen atoms in total. The van der Waals surface area contributed by atoms with Crippen molar-refractivity contribution in [3.8, 4) is 0 Å². The van der Waals surface area contributed by atoms with Crippen molar-refractivity contribution in [1.29, 1.82) is 0 Å². The number of carbonyl (C=O) groups excluding carboxylic acids is 2. The summed E-state index contributed by atoms with van der Waals surface area (Å²) >= 11 is 0. The van der Waals surface area contributed by atoms with Gasteiger partial charge in [-0.15, -0.1) is 12.4 Å². The standard InChI is InChI=1S/C13H25N3O2.ClH/c1-3-4-5-11(9-14)15-13(18)10-6-7-16(2)12(17)8-10;/h10-11H,3-9,14H2,1-2H3,(H,15,18);1H. The van der Waals surface area contributed by atoms with Crippen LogP contribution in [0, 0.1) is 5.92 Å². The maximum atomic E-state index is 12.0. The van der Waals surface area contributed by atoms with E-state index in [-0.39, 0.29) is 36.2 Å². The topological polar surface area (TPSA) is 75.4 Å².